The molecule has 0 saturated carbocycles. The summed E-state index contributed by atoms with van der Waals surface area (Å²) in [5.41, 5.74) is 2.61. The molecule has 1 atom stereocenters. The van der Waals surface area contributed by atoms with E-state index in [4.69, 9.17) is 20.1 Å². The lowest BCUT2D eigenvalue weighted by Gasteiger charge is -2.43. The Bertz CT molecular complexity index is 459. The highest BCUT2D eigenvalue weighted by Crippen LogP contribution is 2.39. The highest BCUT2D eigenvalue weighted by atomic mass is 19.1. The molecule has 1 aliphatic rings. The largest absolute Gasteiger partial charge is 0.494 e. The fourth-order valence-corrected chi connectivity index (χ4v) is 2.95. The molecule has 5 nitrogen and oxygen atoms in total. The molecule has 21 heavy (non-hydrogen) atoms. The van der Waals surface area contributed by atoms with E-state index in [1.807, 2.05) is 6.92 Å². The monoisotopic (exact) mass is 298 g/mol. The van der Waals surface area contributed by atoms with Crippen LogP contribution in [-0.4, -0.2) is 32.5 Å². The average Bonchev–Trinajstić information content (AvgIpc) is 2.51. The number of methoxy groups -OCH3 is 1. The number of rotatable bonds is 6. The predicted octanol–water partition coefficient (Wildman–Crippen LogP) is 1.92. The van der Waals surface area contributed by atoms with E-state index in [9.17, 15) is 4.39 Å². The molecule has 1 aromatic rings. The summed E-state index contributed by atoms with van der Waals surface area (Å²) >= 11 is 0. The highest BCUT2D eigenvalue weighted by Gasteiger charge is 2.43. The van der Waals surface area contributed by atoms with Gasteiger partial charge in [0.1, 0.15) is 0 Å². The SMILES string of the molecule is CCOC1(C(NN)c2cccc(OC)c2F)CCOCC1. The van der Waals surface area contributed by atoms with E-state index in [1.165, 1.54) is 7.11 Å². The van der Waals surface area contributed by atoms with Crippen LogP contribution in [0.3, 0.4) is 0 Å². The minimum atomic E-state index is -0.574. The summed E-state index contributed by atoms with van der Waals surface area (Å²) in [6.07, 6.45) is 1.32. The fourth-order valence-electron chi connectivity index (χ4n) is 2.95. The summed E-state index contributed by atoms with van der Waals surface area (Å²) in [6, 6.07) is 4.58. The quantitative estimate of drug-likeness (QED) is 0.620. The van der Waals surface area contributed by atoms with Gasteiger partial charge in [-0.15, -0.1) is 0 Å². The van der Waals surface area contributed by atoms with Gasteiger partial charge in [-0.1, -0.05) is 12.1 Å². The Hall–Kier alpha value is -1.21. The summed E-state index contributed by atoms with van der Waals surface area (Å²) in [7, 11) is 1.44. The zero-order valence-electron chi connectivity index (χ0n) is 12.5. The van der Waals surface area contributed by atoms with Gasteiger partial charge in [-0.05, 0) is 13.0 Å². The second kappa shape index (κ2) is 7.17. The predicted molar refractivity (Wildman–Crippen MR) is 77.4 cm³/mol. The van der Waals surface area contributed by atoms with Crippen LogP contribution in [0.2, 0.25) is 0 Å². The van der Waals surface area contributed by atoms with Crippen LogP contribution in [0.4, 0.5) is 4.39 Å². The normalized spacial score (nSPS) is 19.2. The number of hydrazine groups is 1. The van der Waals surface area contributed by atoms with Crippen molar-refractivity contribution >= 4 is 0 Å². The Morgan fingerprint density at radius 1 is 1.43 bits per heavy atom. The summed E-state index contributed by atoms with van der Waals surface area (Å²) in [6.45, 7) is 3.60. The Labute approximate surface area is 124 Å². The lowest BCUT2D eigenvalue weighted by Crippen LogP contribution is -2.52. The molecule has 0 amide bonds. The maximum Gasteiger partial charge on any atom is 0.169 e. The van der Waals surface area contributed by atoms with E-state index >= 15 is 0 Å². The molecule has 1 heterocycles. The Balaban J connectivity index is 2.41. The van der Waals surface area contributed by atoms with Crippen molar-refractivity contribution in [2.75, 3.05) is 26.9 Å². The number of halogens is 1. The van der Waals surface area contributed by atoms with Crippen molar-refractivity contribution in [3.8, 4) is 5.75 Å². The molecule has 1 unspecified atom stereocenters. The Morgan fingerprint density at radius 3 is 2.71 bits per heavy atom. The molecule has 0 aromatic heterocycles. The summed E-state index contributed by atoms with van der Waals surface area (Å²) in [5, 5.41) is 0. The molecule has 0 bridgehead atoms. The molecule has 1 fully saturated rings. The maximum absolute atomic E-state index is 14.6. The van der Waals surface area contributed by atoms with Gasteiger partial charge in [-0.3, -0.25) is 5.84 Å². The van der Waals surface area contributed by atoms with Crippen LogP contribution in [-0.2, 0) is 9.47 Å². The first-order valence-electron chi connectivity index (χ1n) is 7.18. The van der Waals surface area contributed by atoms with Gasteiger partial charge < -0.3 is 14.2 Å². The Morgan fingerprint density at radius 2 is 2.14 bits per heavy atom. The van der Waals surface area contributed by atoms with E-state index in [2.05, 4.69) is 5.43 Å². The molecule has 1 saturated heterocycles. The molecule has 1 aromatic carbocycles. The Kier molecular flexibility index (Phi) is 5.52. The molecule has 0 spiro atoms. The van der Waals surface area contributed by atoms with Gasteiger partial charge in [0.25, 0.3) is 0 Å². The van der Waals surface area contributed by atoms with Crippen molar-refractivity contribution in [3.05, 3.63) is 29.6 Å². The molecule has 1 aliphatic heterocycles. The summed E-state index contributed by atoms with van der Waals surface area (Å²) in [4.78, 5) is 0. The van der Waals surface area contributed by atoms with Crippen molar-refractivity contribution in [2.45, 2.75) is 31.4 Å². The van der Waals surface area contributed by atoms with Gasteiger partial charge in [-0.25, -0.2) is 9.82 Å². The standard InChI is InChI=1S/C15H23FN2O3/c1-3-21-15(7-9-20-10-8-15)14(18-17)11-5-4-6-12(19-2)13(11)16/h4-6,14,18H,3,7-10,17H2,1-2H3. The van der Waals surface area contributed by atoms with Crippen molar-refractivity contribution in [3.63, 3.8) is 0 Å². The summed E-state index contributed by atoms with van der Waals surface area (Å²) in [5.74, 6) is 5.52. The van der Waals surface area contributed by atoms with E-state index in [1.54, 1.807) is 18.2 Å². The van der Waals surface area contributed by atoms with Crippen LogP contribution in [0.25, 0.3) is 0 Å². The van der Waals surface area contributed by atoms with Gasteiger partial charge in [0.05, 0.1) is 18.8 Å². The maximum atomic E-state index is 14.6. The molecule has 6 heteroatoms. The number of benzene rings is 1. The topological polar surface area (TPSA) is 65.7 Å². The lowest BCUT2D eigenvalue weighted by atomic mass is 9.82. The number of nitrogens with one attached hydrogen (secondary N) is 1. The number of hydrogen-bond acceptors (Lipinski definition) is 5. The van der Waals surface area contributed by atoms with Crippen LogP contribution in [0, 0.1) is 5.82 Å². The third-order valence-corrected chi connectivity index (χ3v) is 3.99. The zero-order chi connectivity index (χ0) is 15.3. The zero-order valence-corrected chi connectivity index (χ0v) is 12.5. The first-order chi connectivity index (χ1) is 10.2. The molecule has 0 aliphatic carbocycles. The van der Waals surface area contributed by atoms with E-state index in [0.29, 0.717) is 38.2 Å². The van der Waals surface area contributed by atoms with Crippen LogP contribution in [0.1, 0.15) is 31.4 Å². The van der Waals surface area contributed by atoms with E-state index < -0.39 is 17.5 Å². The number of ether oxygens (including phenoxy) is 3. The van der Waals surface area contributed by atoms with Crippen molar-refractivity contribution in [1.82, 2.24) is 5.43 Å². The summed E-state index contributed by atoms with van der Waals surface area (Å²) < 4.78 is 31.0. The third-order valence-electron chi connectivity index (χ3n) is 3.99. The molecule has 118 valence electrons. The van der Waals surface area contributed by atoms with Gasteiger partial charge >= 0.3 is 0 Å². The van der Waals surface area contributed by atoms with Gasteiger partial charge in [0, 0.05) is 38.2 Å². The molecule has 3 N–H and O–H groups in total. The van der Waals surface area contributed by atoms with Crippen LogP contribution in [0.5, 0.6) is 5.75 Å². The highest BCUT2D eigenvalue weighted by molar-refractivity contribution is 5.34. The first-order valence-corrected chi connectivity index (χ1v) is 7.18. The van der Waals surface area contributed by atoms with Crippen molar-refractivity contribution in [1.29, 1.82) is 0 Å². The van der Waals surface area contributed by atoms with Gasteiger partial charge in [0.15, 0.2) is 11.6 Å². The van der Waals surface area contributed by atoms with Crippen molar-refractivity contribution < 1.29 is 18.6 Å². The lowest BCUT2D eigenvalue weighted by molar-refractivity contribution is -0.128. The minimum absolute atomic E-state index is 0.200. The van der Waals surface area contributed by atoms with E-state index in [0.717, 1.165) is 0 Å². The van der Waals surface area contributed by atoms with E-state index in [-0.39, 0.29) is 5.75 Å². The second-order valence-corrected chi connectivity index (χ2v) is 5.07. The molecule has 0 radical (unpaired) electrons. The van der Waals surface area contributed by atoms with Crippen LogP contribution < -0.4 is 16.0 Å². The molecular formula is C15H23FN2O3. The average molecular weight is 298 g/mol. The van der Waals surface area contributed by atoms with Crippen molar-refractivity contribution in [2.24, 2.45) is 5.84 Å². The van der Waals surface area contributed by atoms with Crippen LogP contribution >= 0.6 is 0 Å². The minimum Gasteiger partial charge on any atom is -0.494 e. The van der Waals surface area contributed by atoms with Gasteiger partial charge in [0.2, 0.25) is 0 Å². The molecule has 2 rings (SSSR count). The second-order valence-electron chi connectivity index (χ2n) is 5.07. The van der Waals surface area contributed by atoms with Crippen LogP contribution in [0.15, 0.2) is 18.2 Å². The number of nitrogens with two attached hydrogens (primary N) is 1. The molecular weight excluding hydrogens is 275 g/mol. The first kappa shape index (κ1) is 16.2. The van der Waals surface area contributed by atoms with Gasteiger partial charge in [-0.2, -0.15) is 0 Å². The third kappa shape index (κ3) is 3.18. The smallest absolute Gasteiger partial charge is 0.169 e. The number of hydrogen-bond donors (Lipinski definition) is 2. The fraction of sp³-hybridized carbons (Fsp3) is 0.600.